The Bertz CT molecular complexity index is 801. The van der Waals surface area contributed by atoms with Gasteiger partial charge in [-0.3, -0.25) is 14.9 Å². The molecule has 1 N–H and O–H groups in total. The third-order valence-corrected chi connectivity index (χ3v) is 3.47. The fourth-order valence-electron chi connectivity index (χ4n) is 1.83. The quantitative estimate of drug-likeness (QED) is 0.501. The smallest absolute Gasteiger partial charge is 0.342 e. The lowest BCUT2D eigenvalue weighted by atomic mass is 10.2. The summed E-state index contributed by atoms with van der Waals surface area (Å²) in [6, 6.07) is 5.05. The Morgan fingerprint density at radius 3 is 2.62 bits per heavy atom. The standard InChI is InChI=1S/C15H13ClN2O6/c1-8-11(5-6-23-8)15(20)24-9(2)14(19)17-13-4-3-10(18(21)22)7-12(13)16/h3-7,9H,1-2H3,(H,17,19)/t9-/m1/s1. The molecule has 2 aromatic rings. The van der Waals surface area contributed by atoms with Crippen LogP contribution in [0.2, 0.25) is 5.02 Å². The third kappa shape index (κ3) is 3.90. The first-order valence-electron chi connectivity index (χ1n) is 6.79. The van der Waals surface area contributed by atoms with Gasteiger partial charge in [0.2, 0.25) is 0 Å². The number of hydrogen-bond donors (Lipinski definition) is 1. The number of halogens is 1. The number of nitro benzene ring substituents is 1. The molecule has 1 atom stereocenters. The summed E-state index contributed by atoms with van der Waals surface area (Å²) in [6.07, 6.45) is 0.242. The zero-order valence-electron chi connectivity index (χ0n) is 12.7. The monoisotopic (exact) mass is 352 g/mol. The Morgan fingerprint density at radius 2 is 2.08 bits per heavy atom. The minimum atomic E-state index is -1.10. The number of carbonyl (C=O) groups is 2. The molecule has 126 valence electrons. The molecule has 1 aromatic carbocycles. The Hall–Kier alpha value is -2.87. The molecule has 24 heavy (non-hydrogen) atoms. The maximum atomic E-state index is 12.1. The highest BCUT2D eigenvalue weighted by atomic mass is 35.5. The van der Waals surface area contributed by atoms with Crippen molar-refractivity contribution in [1.29, 1.82) is 0 Å². The number of furan rings is 1. The lowest BCUT2D eigenvalue weighted by Gasteiger charge is -2.14. The van der Waals surface area contributed by atoms with E-state index in [0.717, 1.165) is 6.07 Å². The van der Waals surface area contributed by atoms with Gasteiger partial charge < -0.3 is 14.5 Å². The van der Waals surface area contributed by atoms with E-state index >= 15 is 0 Å². The van der Waals surface area contributed by atoms with Gasteiger partial charge in [-0.25, -0.2) is 4.79 Å². The van der Waals surface area contributed by atoms with Crippen LogP contribution in [0.15, 0.2) is 34.9 Å². The van der Waals surface area contributed by atoms with Gasteiger partial charge in [0.25, 0.3) is 11.6 Å². The number of amides is 1. The molecule has 1 aromatic heterocycles. The van der Waals surface area contributed by atoms with Gasteiger partial charge in [0, 0.05) is 12.1 Å². The highest BCUT2D eigenvalue weighted by molar-refractivity contribution is 6.34. The van der Waals surface area contributed by atoms with E-state index in [0.29, 0.717) is 5.76 Å². The van der Waals surface area contributed by atoms with Gasteiger partial charge in [0.1, 0.15) is 11.3 Å². The van der Waals surface area contributed by atoms with Crippen LogP contribution in [-0.4, -0.2) is 22.9 Å². The molecule has 0 unspecified atom stereocenters. The van der Waals surface area contributed by atoms with Crippen LogP contribution < -0.4 is 5.32 Å². The zero-order valence-corrected chi connectivity index (χ0v) is 13.5. The number of aryl methyl sites for hydroxylation is 1. The largest absolute Gasteiger partial charge is 0.469 e. The van der Waals surface area contributed by atoms with E-state index < -0.39 is 22.9 Å². The van der Waals surface area contributed by atoms with Crippen molar-refractivity contribution in [2.45, 2.75) is 20.0 Å². The van der Waals surface area contributed by atoms with E-state index in [4.69, 9.17) is 20.8 Å². The molecule has 0 spiro atoms. The van der Waals surface area contributed by atoms with Gasteiger partial charge in [-0.05, 0) is 26.0 Å². The number of hydrogen-bond acceptors (Lipinski definition) is 6. The summed E-state index contributed by atoms with van der Waals surface area (Å²) in [5.41, 5.74) is 0.200. The van der Waals surface area contributed by atoms with E-state index in [2.05, 4.69) is 5.32 Å². The van der Waals surface area contributed by atoms with Crippen LogP contribution in [-0.2, 0) is 9.53 Å². The number of benzene rings is 1. The molecule has 0 fully saturated rings. The van der Waals surface area contributed by atoms with Gasteiger partial charge in [-0.2, -0.15) is 0 Å². The summed E-state index contributed by atoms with van der Waals surface area (Å²) in [4.78, 5) is 34.0. The van der Waals surface area contributed by atoms with Gasteiger partial charge in [-0.15, -0.1) is 0 Å². The van der Waals surface area contributed by atoms with Gasteiger partial charge in [-0.1, -0.05) is 11.6 Å². The Kier molecular flexibility index (Phi) is 5.20. The molecule has 1 heterocycles. The van der Waals surface area contributed by atoms with E-state index in [1.54, 1.807) is 6.92 Å². The van der Waals surface area contributed by atoms with Crippen molar-refractivity contribution in [3.8, 4) is 0 Å². The third-order valence-electron chi connectivity index (χ3n) is 3.15. The summed E-state index contributed by atoms with van der Waals surface area (Å²) in [7, 11) is 0. The number of nitrogens with zero attached hydrogens (tertiary/aromatic N) is 1. The van der Waals surface area contributed by atoms with Crippen molar-refractivity contribution >= 4 is 34.9 Å². The highest BCUT2D eigenvalue weighted by Crippen LogP contribution is 2.26. The Morgan fingerprint density at radius 1 is 1.38 bits per heavy atom. The first-order valence-corrected chi connectivity index (χ1v) is 7.17. The average molecular weight is 353 g/mol. The molecule has 0 saturated carbocycles. The second kappa shape index (κ2) is 7.14. The zero-order chi connectivity index (χ0) is 17.9. The first-order chi connectivity index (χ1) is 11.3. The minimum Gasteiger partial charge on any atom is -0.469 e. The molecule has 8 nitrogen and oxygen atoms in total. The van der Waals surface area contributed by atoms with Crippen LogP contribution >= 0.6 is 11.6 Å². The minimum absolute atomic E-state index is 0.00163. The van der Waals surface area contributed by atoms with Gasteiger partial charge in [0.05, 0.1) is 21.9 Å². The normalized spacial score (nSPS) is 11.6. The van der Waals surface area contributed by atoms with E-state index in [9.17, 15) is 19.7 Å². The molecule has 0 aliphatic heterocycles. The van der Waals surface area contributed by atoms with Crippen LogP contribution in [0.3, 0.4) is 0 Å². The lowest BCUT2D eigenvalue weighted by Crippen LogP contribution is -2.30. The van der Waals surface area contributed by atoms with Crippen molar-refractivity contribution < 1.29 is 23.7 Å². The van der Waals surface area contributed by atoms with E-state index in [1.165, 1.54) is 31.4 Å². The van der Waals surface area contributed by atoms with Crippen molar-refractivity contribution in [3.05, 3.63) is 57.0 Å². The predicted octanol–water partition coefficient (Wildman–Crippen LogP) is 3.33. The summed E-state index contributed by atoms with van der Waals surface area (Å²) in [5.74, 6) is -0.940. The molecule has 9 heteroatoms. The van der Waals surface area contributed by atoms with Crippen molar-refractivity contribution in [2.75, 3.05) is 5.32 Å². The molecule has 0 bridgehead atoms. The van der Waals surface area contributed by atoms with Crippen LogP contribution in [0.4, 0.5) is 11.4 Å². The molecule has 1 amide bonds. The number of non-ortho nitro benzene ring substituents is 1. The number of esters is 1. The van der Waals surface area contributed by atoms with Crippen LogP contribution in [0.25, 0.3) is 0 Å². The highest BCUT2D eigenvalue weighted by Gasteiger charge is 2.22. The number of nitro groups is 1. The summed E-state index contributed by atoms with van der Waals surface area (Å²) in [6.45, 7) is 2.99. The van der Waals surface area contributed by atoms with Crippen molar-refractivity contribution in [1.82, 2.24) is 0 Å². The fourth-order valence-corrected chi connectivity index (χ4v) is 2.05. The fraction of sp³-hybridized carbons (Fsp3) is 0.200. The van der Waals surface area contributed by atoms with Crippen molar-refractivity contribution in [3.63, 3.8) is 0 Å². The van der Waals surface area contributed by atoms with Gasteiger partial charge in [0.15, 0.2) is 6.10 Å². The second-order valence-electron chi connectivity index (χ2n) is 4.85. The average Bonchev–Trinajstić information content (AvgIpc) is 2.95. The Labute approximate surface area is 141 Å². The molecular weight excluding hydrogens is 340 g/mol. The molecule has 0 saturated heterocycles. The number of ether oxygens (including phenoxy) is 1. The molecular formula is C15H13ClN2O6. The van der Waals surface area contributed by atoms with Gasteiger partial charge >= 0.3 is 5.97 Å². The molecule has 2 rings (SSSR count). The first kappa shape index (κ1) is 17.5. The lowest BCUT2D eigenvalue weighted by molar-refractivity contribution is -0.384. The van der Waals surface area contributed by atoms with E-state index in [1.807, 2.05) is 0 Å². The topological polar surface area (TPSA) is 112 Å². The number of anilines is 1. The maximum absolute atomic E-state index is 12.1. The second-order valence-corrected chi connectivity index (χ2v) is 5.26. The molecule has 0 radical (unpaired) electrons. The molecule has 0 aliphatic rings. The van der Waals surface area contributed by atoms with Crippen LogP contribution in [0, 0.1) is 17.0 Å². The van der Waals surface area contributed by atoms with Crippen LogP contribution in [0.5, 0.6) is 0 Å². The maximum Gasteiger partial charge on any atom is 0.342 e. The number of rotatable bonds is 5. The van der Waals surface area contributed by atoms with Crippen LogP contribution in [0.1, 0.15) is 23.0 Å². The number of carbonyl (C=O) groups excluding carboxylic acids is 2. The summed E-state index contributed by atoms with van der Waals surface area (Å²) < 4.78 is 10.0. The Balaban J connectivity index is 2.03. The molecule has 0 aliphatic carbocycles. The SMILES string of the molecule is Cc1occc1C(=O)O[C@H](C)C(=O)Nc1ccc([N+](=O)[O-])cc1Cl. The predicted molar refractivity (Wildman–Crippen MR) is 85.1 cm³/mol. The van der Waals surface area contributed by atoms with Crippen molar-refractivity contribution in [2.24, 2.45) is 0 Å². The number of nitrogens with one attached hydrogen (secondary N) is 1. The summed E-state index contributed by atoms with van der Waals surface area (Å²) >= 11 is 5.89. The summed E-state index contributed by atoms with van der Waals surface area (Å²) in [5, 5.41) is 13.1. The van der Waals surface area contributed by atoms with E-state index in [-0.39, 0.29) is 22.0 Å².